The van der Waals surface area contributed by atoms with Crippen molar-refractivity contribution in [3.05, 3.63) is 34.9 Å². The summed E-state index contributed by atoms with van der Waals surface area (Å²) in [4.78, 5) is 15.2. The van der Waals surface area contributed by atoms with Crippen LogP contribution >= 0.6 is 11.6 Å². The van der Waals surface area contributed by atoms with E-state index in [0.717, 1.165) is 50.3 Å². The molecule has 2 saturated heterocycles. The molecule has 0 bridgehead atoms. The molecule has 2 aliphatic rings. The minimum absolute atomic E-state index is 0.197. The molecule has 3 nitrogen and oxygen atoms in total. The van der Waals surface area contributed by atoms with Crippen molar-refractivity contribution in [3.63, 3.8) is 0 Å². The first-order valence-corrected chi connectivity index (χ1v) is 8.25. The summed E-state index contributed by atoms with van der Waals surface area (Å²) >= 11 is 6.11. The molecule has 114 valence electrons. The van der Waals surface area contributed by atoms with Crippen LogP contribution in [0, 0.1) is 5.41 Å². The van der Waals surface area contributed by atoms with Crippen LogP contribution in [0.5, 0.6) is 0 Å². The van der Waals surface area contributed by atoms with Crippen LogP contribution in [0.25, 0.3) is 0 Å². The lowest BCUT2D eigenvalue weighted by Crippen LogP contribution is -2.47. The van der Waals surface area contributed by atoms with Gasteiger partial charge in [-0.1, -0.05) is 30.7 Å². The number of likely N-dealkylation sites (tertiary alicyclic amines) is 1. The Hall–Kier alpha value is -1.06. The predicted octanol–water partition coefficient (Wildman–Crippen LogP) is 3.39. The number of carbonyl (C=O) groups is 1. The van der Waals surface area contributed by atoms with Gasteiger partial charge in [0.1, 0.15) is 0 Å². The van der Waals surface area contributed by atoms with Gasteiger partial charge in [0.15, 0.2) is 0 Å². The molecule has 0 radical (unpaired) electrons. The highest BCUT2D eigenvalue weighted by atomic mass is 35.5. The molecule has 1 amide bonds. The Morgan fingerprint density at radius 3 is 2.86 bits per heavy atom. The number of hydrogen-bond acceptors (Lipinski definition) is 2. The minimum Gasteiger partial charge on any atom is -0.335 e. The Bertz CT molecular complexity index is 525. The van der Waals surface area contributed by atoms with Gasteiger partial charge in [-0.2, -0.15) is 0 Å². The minimum atomic E-state index is -0.202. The molecule has 1 unspecified atom stereocenters. The Morgan fingerprint density at radius 2 is 2.14 bits per heavy atom. The molecule has 0 aromatic heterocycles. The zero-order valence-electron chi connectivity index (χ0n) is 12.6. The van der Waals surface area contributed by atoms with E-state index in [2.05, 4.69) is 23.2 Å². The van der Waals surface area contributed by atoms with E-state index in [9.17, 15) is 4.79 Å². The molecule has 2 heterocycles. The van der Waals surface area contributed by atoms with Gasteiger partial charge in [-0.15, -0.1) is 0 Å². The summed E-state index contributed by atoms with van der Waals surface area (Å²) < 4.78 is 0. The highest BCUT2D eigenvalue weighted by Crippen LogP contribution is 2.39. The van der Waals surface area contributed by atoms with E-state index in [1.165, 1.54) is 5.56 Å². The fourth-order valence-electron chi connectivity index (χ4n) is 3.61. The van der Waals surface area contributed by atoms with E-state index in [0.29, 0.717) is 5.91 Å². The summed E-state index contributed by atoms with van der Waals surface area (Å²) in [5.74, 6) is 0.325. The van der Waals surface area contributed by atoms with E-state index in [1.807, 2.05) is 18.2 Å². The maximum absolute atomic E-state index is 13.1. The zero-order chi connectivity index (χ0) is 14.9. The molecule has 2 fully saturated rings. The van der Waals surface area contributed by atoms with Crippen LogP contribution in [0.2, 0.25) is 5.02 Å². The molecular formula is C17H23ClN2O. The highest BCUT2D eigenvalue weighted by Gasteiger charge is 2.41. The van der Waals surface area contributed by atoms with Crippen LogP contribution in [0.1, 0.15) is 44.2 Å². The first kappa shape index (κ1) is 14.9. The lowest BCUT2D eigenvalue weighted by molar-refractivity contribution is -0.143. The molecule has 4 heteroatoms. The fourth-order valence-corrected chi connectivity index (χ4v) is 3.81. The molecule has 21 heavy (non-hydrogen) atoms. The fraction of sp³-hybridized carbons (Fsp3) is 0.588. The van der Waals surface area contributed by atoms with Gasteiger partial charge in [-0.05, 0) is 56.5 Å². The molecule has 0 spiro atoms. The number of amides is 1. The smallest absolute Gasteiger partial charge is 0.229 e. The molecule has 2 aliphatic heterocycles. The number of nitrogens with one attached hydrogen (secondary N) is 1. The lowest BCUT2D eigenvalue weighted by atomic mass is 9.79. The van der Waals surface area contributed by atoms with E-state index in [-0.39, 0.29) is 11.5 Å². The Balaban J connectivity index is 1.82. The maximum Gasteiger partial charge on any atom is 0.229 e. The first-order chi connectivity index (χ1) is 10.1. The van der Waals surface area contributed by atoms with Crippen molar-refractivity contribution in [2.75, 3.05) is 19.6 Å². The monoisotopic (exact) mass is 306 g/mol. The van der Waals surface area contributed by atoms with Gasteiger partial charge < -0.3 is 10.2 Å². The van der Waals surface area contributed by atoms with Gasteiger partial charge in [-0.3, -0.25) is 4.79 Å². The maximum atomic E-state index is 13.1. The lowest BCUT2D eigenvalue weighted by Gasteiger charge is -2.38. The Kier molecular flexibility index (Phi) is 4.23. The van der Waals surface area contributed by atoms with Crippen molar-refractivity contribution in [1.29, 1.82) is 0 Å². The van der Waals surface area contributed by atoms with Crippen LogP contribution in [0.15, 0.2) is 24.3 Å². The standard InChI is InChI=1S/C17H23ClN2O/c1-17(7-9-19-10-8-17)16(21)20-11-3-6-15(20)13-4-2-5-14(18)12-13/h2,4-5,12,15,19H,3,6-11H2,1H3. The Morgan fingerprint density at radius 1 is 1.38 bits per heavy atom. The predicted molar refractivity (Wildman–Crippen MR) is 85.4 cm³/mol. The largest absolute Gasteiger partial charge is 0.335 e. The third-order valence-electron chi connectivity index (χ3n) is 4.97. The normalized spacial score (nSPS) is 25.0. The number of nitrogens with zero attached hydrogens (tertiary/aromatic N) is 1. The second kappa shape index (κ2) is 5.98. The Labute approximate surface area is 131 Å². The number of halogens is 1. The van der Waals surface area contributed by atoms with Crippen molar-refractivity contribution < 1.29 is 4.79 Å². The number of rotatable bonds is 2. The molecule has 3 rings (SSSR count). The number of benzene rings is 1. The van der Waals surface area contributed by atoms with Gasteiger partial charge in [0, 0.05) is 17.0 Å². The summed E-state index contributed by atoms with van der Waals surface area (Å²) in [6, 6.07) is 8.16. The summed E-state index contributed by atoms with van der Waals surface area (Å²) in [7, 11) is 0. The van der Waals surface area contributed by atoms with E-state index in [4.69, 9.17) is 11.6 Å². The van der Waals surface area contributed by atoms with Crippen molar-refractivity contribution in [2.45, 2.75) is 38.6 Å². The van der Waals surface area contributed by atoms with E-state index in [1.54, 1.807) is 0 Å². The van der Waals surface area contributed by atoms with E-state index >= 15 is 0 Å². The van der Waals surface area contributed by atoms with Gasteiger partial charge in [0.05, 0.1) is 6.04 Å². The second-order valence-corrected chi connectivity index (χ2v) is 6.96. The molecule has 1 aromatic carbocycles. The molecule has 0 saturated carbocycles. The quantitative estimate of drug-likeness (QED) is 0.908. The summed E-state index contributed by atoms with van der Waals surface area (Å²) in [5.41, 5.74) is 0.970. The third-order valence-corrected chi connectivity index (χ3v) is 5.21. The molecule has 1 atom stereocenters. The van der Waals surface area contributed by atoms with E-state index < -0.39 is 0 Å². The average Bonchev–Trinajstić information content (AvgIpc) is 2.96. The second-order valence-electron chi connectivity index (χ2n) is 6.52. The number of hydrogen-bond donors (Lipinski definition) is 1. The van der Waals surface area contributed by atoms with Crippen LogP contribution in [0.3, 0.4) is 0 Å². The zero-order valence-corrected chi connectivity index (χ0v) is 13.3. The van der Waals surface area contributed by atoms with Crippen molar-refractivity contribution >= 4 is 17.5 Å². The highest BCUT2D eigenvalue weighted by molar-refractivity contribution is 6.30. The average molecular weight is 307 g/mol. The van der Waals surface area contributed by atoms with Crippen molar-refractivity contribution in [2.24, 2.45) is 5.41 Å². The topological polar surface area (TPSA) is 32.3 Å². The SMILES string of the molecule is CC1(C(=O)N2CCCC2c2cccc(Cl)c2)CCNCC1. The molecule has 1 N–H and O–H groups in total. The summed E-state index contributed by atoms with van der Waals surface area (Å²) in [6.45, 7) is 4.89. The van der Waals surface area contributed by atoms with Crippen LogP contribution in [-0.4, -0.2) is 30.4 Å². The van der Waals surface area contributed by atoms with Crippen molar-refractivity contribution in [3.8, 4) is 0 Å². The van der Waals surface area contributed by atoms with Crippen LogP contribution in [0.4, 0.5) is 0 Å². The van der Waals surface area contributed by atoms with Gasteiger partial charge in [0.25, 0.3) is 0 Å². The first-order valence-electron chi connectivity index (χ1n) is 7.87. The molecule has 1 aromatic rings. The number of carbonyl (C=O) groups excluding carboxylic acids is 1. The molecule has 0 aliphatic carbocycles. The summed E-state index contributed by atoms with van der Waals surface area (Å²) in [6.07, 6.45) is 3.99. The number of piperidine rings is 1. The van der Waals surface area contributed by atoms with Gasteiger partial charge in [-0.25, -0.2) is 0 Å². The molecular weight excluding hydrogens is 284 g/mol. The van der Waals surface area contributed by atoms with Gasteiger partial charge >= 0.3 is 0 Å². The van der Waals surface area contributed by atoms with Gasteiger partial charge in [0.2, 0.25) is 5.91 Å². The van der Waals surface area contributed by atoms with Crippen molar-refractivity contribution in [1.82, 2.24) is 10.2 Å². The van der Waals surface area contributed by atoms with Crippen LogP contribution < -0.4 is 5.32 Å². The summed E-state index contributed by atoms with van der Waals surface area (Å²) in [5, 5.41) is 4.10. The van der Waals surface area contributed by atoms with Crippen LogP contribution in [-0.2, 0) is 4.79 Å². The third kappa shape index (κ3) is 2.95.